The first-order valence-corrected chi connectivity index (χ1v) is 10.7. The van der Waals surface area contributed by atoms with Crippen LogP contribution in [0, 0.1) is 0 Å². The number of anilines is 2. The summed E-state index contributed by atoms with van der Waals surface area (Å²) in [5.41, 5.74) is 4.14. The SMILES string of the molecule is CSc1ccccc1C(=O)Nc1ccc2c(c1)CCN2C(=O)Cc1ccccn1. The highest BCUT2D eigenvalue weighted by molar-refractivity contribution is 7.98. The van der Waals surface area contributed by atoms with Gasteiger partial charge in [-0.1, -0.05) is 18.2 Å². The average molecular weight is 404 g/mol. The molecule has 0 bridgehead atoms. The normalized spacial score (nSPS) is 12.5. The number of thioether (sulfide) groups is 1. The van der Waals surface area contributed by atoms with Gasteiger partial charge in [-0.3, -0.25) is 14.6 Å². The summed E-state index contributed by atoms with van der Waals surface area (Å²) in [6, 6.07) is 18.9. The number of rotatable bonds is 5. The molecule has 5 nitrogen and oxygen atoms in total. The number of pyridine rings is 1. The Hall–Kier alpha value is -3.12. The number of hydrogen-bond donors (Lipinski definition) is 1. The first-order chi connectivity index (χ1) is 14.2. The third-order valence-electron chi connectivity index (χ3n) is 4.94. The van der Waals surface area contributed by atoms with Gasteiger partial charge in [0.25, 0.3) is 5.91 Å². The Balaban J connectivity index is 1.48. The van der Waals surface area contributed by atoms with Crippen molar-refractivity contribution >= 4 is 35.0 Å². The van der Waals surface area contributed by atoms with E-state index in [1.165, 1.54) is 0 Å². The van der Waals surface area contributed by atoms with E-state index < -0.39 is 0 Å². The lowest BCUT2D eigenvalue weighted by Crippen LogP contribution is -2.30. The third-order valence-corrected chi connectivity index (χ3v) is 5.74. The smallest absolute Gasteiger partial charge is 0.256 e. The molecule has 0 atom stereocenters. The maximum atomic E-state index is 12.7. The van der Waals surface area contributed by atoms with Gasteiger partial charge in [-0.15, -0.1) is 11.8 Å². The van der Waals surface area contributed by atoms with Gasteiger partial charge >= 0.3 is 0 Å². The van der Waals surface area contributed by atoms with E-state index in [1.54, 1.807) is 22.9 Å². The molecule has 1 aromatic heterocycles. The summed E-state index contributed by atoms with van der Waals surface area (Å²) in [6.45, 7) is 0.647. The van der Waals surface area contributed by atoms with Gasteiger partial charge in [0.15, 0.2) is 0 Å². The molecule has 0 radical (unpaired) electrons. The fraction of sp³-hybridized carbons (Fsp3) is 0.174. The van der Waals surface area contributed by atoms with Crippen LogP contribution >= 0.6 is 11.8 Å². The predicted octanol–water partition coefficient (Wildman–Crippen LogP) is 4.19. The second-order valence-electron chi connectivity index (χ2n) is 6.79. The average Bonchev–Trinajstić information content (AvgIpc) is 3.18. The Labute approximate surface area is 174 Å². The summed E-state index contributed by atoms with van der Waals surface area (Å²) in [4.78, 5) is 32.4. The van der Waals surface area contributed by atoms with E-state index in [0.29, 0.717) is 12.1 Å². The van der Waals surface area contributed by atoms with Crippen LogP contribution in [0.4, 0.5) is 11.4 Å². The van der Waals surface area contributed by atoms with Crippen LogP contribution in [-0.4, -0.2) is 29.6 Å². The van der Waals surface area contributed by atoms with Crippen LogP contribution in [0.15, 0.2) is 71.8 Å². The molecule has 4 rings (SSSR count). The second-order valence-corrected chi connectivity index (χ2v) is 7.64. The molecule has 2 amide bonds. The first kappa shape index (κ1) is 19.2. The fourth-order valence-electron chi connectivity index (χ4n) is 3.52. The zero-order valence-corrected chi connectivity index (χ0v) is 16.9. The molecule has 29 heavy (non-hydrogen) atoms. The summed E-state index contributed by atoms with van der Waals surface area (Å²) in [6.07, 6.45) is 4.71. The molecule has 0 saturated carbocycles. The number of carbonyl (C=O) groups excluding carboxylic acids is 2. The number of amides is 2. The monoisotopic (exact) mass is 403 g/mol. The van der Waals surface area contributed by atoms with E-state index in [2.05, 4.69) is 10.3 Å². The van der Waals surface area contributed by atoms with Crippen molar-refractivity contribution in [3.8, 4) is 0 Å². The molecule has 0 spiro atoms. The lowest BCUT2D eigenvalue weighted by Gasteiger charge is -2.17. The quantitative estimate of drug-likeness (QED) is 0.649. The fourth-order valence-corrected chi connectivity index (χ4v) is 4.12. The molecule has 1 aliphatic heterocycles. The van der Waals surface area contributed by atoms with Gasteiger partial charge in [-0.2, -0.15) is 0 Å². The molecule has 0 aliphatic carbocycles. The number of aromatic nitrogens is 1. The van der Waals surface area contributed by atoms with E-state index in [4.69, 9.17) is 0 Å². The Morgan fingerprint density at radius 2 is 1.93 bits per heavy atom. The van der Waals surface area contributed by atoms with Crippen molar-refractivity contribution in [2.45, 2.75) is 17.7 Å². The standard InChI is InChI=1S/C23H21N3O2S/c1-29-21-8-3-2-7-19(21)23(28)25-18-9-10-20-16(14-18)11-13-26(20)22(27)15-17-6-4-5-12-24-17/h2-10,12,14H,11,13,15H2,1H3,(H,25,28). The lowest BCUT2D eigenvalue weighted by atomic mass is 10.1. The van der Waals surface area contributed by atoms with Crippen molar-refractivity contribution in [1.82, 2.24) is 4.98 Å². The Kier molecular flexibility index (Phi) is 5.62. The lowest BCUT2D eigenvalue weighted by molar-refractivity contribution is -0.117. The molecular formula is C23H21N3O2S. The van der Waals surface area contributed by atoms with Crippen LogP contribution in [0.5, 0.6) is 0 Å². The van der Waals surface area contributed by atoms with Gasteiger partial charge in [0.05, 0.1) is 12.0 Å². The number of nitrogens with one attached hydrogen (secondary N) is 1. The summed E-state index contributed by atoms with van der Waals surface area (Å²) in [5, 5.41) is 2.98. The first-order valence-electron chi connectivity index (χ1n) is 9.43. The zero-order chi connectivity index (χ0) is 20.2. The van der Waals surface area contributed by atoms with Gasteiger partial charge in [-0.25, -0.2) is 0 Å². The van der Waals surface area contributed by atoms with E-state index in [-0.39, 0.29) is 18.2 Å². The van der Waals surface area contributed by atoms with E-state index in [0.717, 1.165) is 33.9 Å². The number of hydrogen-bond acceptors (Lipinski definition) is 4. The molecule has 0 saturated heterocycles. The highest BCUT2D eigenvalue weighted by Gasteiger charge is 2.25. The van der Waals surface area contributed by atoms with E-state index >= 15 is 0 Å². The van der Waals surface area contributed by atoms with Gasteiger partial charge in [-0.05, 0) is 60.7 Å². The second kappa shape index (κ2) is 8.49. The van der Waals surface area contributed by atoms with Crippen LogP contribution in [0.3, 0.4) is 0 Å². The molecule has 1 N–H and O–H groups in total. The van der Waals surface area contributed by atoms with Gasteiger partial charge in [0, 0.05) is 34.7 Å². The predicted molar refractivity (Wildman–Crippen MR) is 117 cm³/mol. The molecule has 2 aromatic carbocycles. The molecule has 6 heteroatoms. The van der Waals surface area contributed by atoms with Gasteiger partial charge < -0.3 is 10.2 Å². The van der Waals surface area contributed by atoms with Crippen molar-refractivity contribution in [3.63, 3.8) is 0 Å². The van der Waals surface area contributed by atoms with Crippen LogP contribution in [-0.2, 0) is 17.6 Å². The number of fused-ring (bicyclic) bond motifs is 1. The maximum absolute atomic E-state index is 12.7. The highest BCUT2D eigenvalue weighted by Crippen LogP contribution is 2.31. The Bertz CT molecular complexity index is 1050. The number of nitrogens with zero attached hydrogens (tertiary/aromatic N) is 2. The maximum Gasteiger partial charge on any atom is 0.256 e. The number of carbonyl (C=O) groups is 2. The van der Waals surface area contributed by atoms with Crippen molar-refractivity contribution in [2.75, 3.05) is 23.0 Å². The van der Waals surface area contributed by atoms with Gasteiger partial charge in [0.2, 0.25) is 5.91 Å². The molecule has 146 valence electrons. The molecule has 0 fully saturated rings. The molecule has 0 unspecified atom stereocenters. The number of benzene rings is 2. The molecule has 3 aromatic rings. The summed E-state index contributed by atoms with van der Waals surface area (Å²) in [7, 11) is 0. The highest BCUT2D eigenvalue weighted by atomic mass is 32.2. The van der Waals surface area contributed by atoms with Crippen LogP contribution in [0.1, 0.15) is 21.6 Å². The van der Waals surface area contributed by atoms with Crippen molar-refractivity contribution < 1.29 is 9.59 Å². The van der Waals surface area contributed by atoms with Crippen molar-refractivity contribution in [1.29, 1.82) is 0 Å². The Morgan fingerprint density at radius 1 is 1.10 bits per heavy atom. The van der Waals surface area contributed by atoms with Gasteiger partial charge in [0.1, 0.15) is 0 Å². The topological polar surface area (TPSA) is 62.3 Å². The molecule has 2 heterocycles. The van der Waals surface area contributed by atoms with Crippen LogP contribution in [0.2, 0.25) is 0 Å². The minimum atomic E-state index is -0.129. The van der Waals surface area contributed by atoms with Crippen LogP contribution < -0.4 is 10.2 Å². The van der Waals surface area contributed by atoms with E-state index in [1.807, 2.05) is 66.9 Å². The van der Waals surface area contributed by atoms with Crippen molar-refractivity contribution in [2.24, 2.45) is 0 Å². The van der Waals surface area contributed by atoms with E-state index in [9.17, 15) is 9.59 Å². The molecule has 1 aliphatic rings. The Morgan fingerprint density at radius 3 is 2.72 bits per heavy atom. The summed E-state index contributed by atoms with van der Waals surface area (Å²) < 4.78 is 0. The van der Waals surface area contributed by atoms with Crippen LogP contribution in [0.25, 0.3) is 0 Å². The largest absolute Gasteiger partial charge is 0.322 e. The summed E-state index contributed by atoms with van der Waals surface area (Å²) in [5.74, 6) is -0.0934. The molecular weight excluding hydrogens is 382 g/mol. The minimum Gasteiger partial charge on any atom is -0.322 e. The third kappa shape index (κ3) is 4.17. The minimum absolute atomic E-state index is 0.0353. The zero-order valence-electron chi connectivity index (χ0n) is 16.1. The summed E-state index contributed by atoms with van der Waals surface area (Å²) >= 11 is 1.55. The van der Waals surface area contributed by atoms with Crippen molar-refractivity contribution in [3.05, 3.63) is 83.7 Å².